The van der Waals surface area contributed by atoms with Crippen molar-refractivity contribution in [3.05, 3.63) is 34.6 Å². The van der Waals surface area contributed by atoms with Gasteiger partial charge in [-0.1, -0.05) is 35.0 Å². The number of hydrogen-bond donors (Lipinski definition) is 1. The van der Waals surface area contributed by atoms with Gasteiger partial charge in [0.1, 0.15) is 17.3 Å². The molecule has 0 bridgehead atoms. The minimum absolute atomic E-state index is 0.327. The summed E-state index contributed by atoms with van der Waals surface area (Å²) in [5.74, 6) is 1.79. The molecule has 18 heavy (non-hydrogen) atoms. The third kappa shape index (κ3) is 2.29. The highest BCUT2D eigenvalue weighted by Gasteiger charge is 2.16. The summed E-state index contributed by atoms with van der Waals surface area (Å²) in [6.45, 7) is 6.36. The van der Waals surface area contributed by atoms with Crippen LogP contribution in [0.4, 0.5) is 5.82 Å². The van der Waals surface area contributed by atoms with Crippen LogP contribution in [0.3, 0.4) is 0 Å². The Bertz CT molecular complexity index is 558. The number of halogens is 1. The van der Waals surface area contributed by atoms with Crippen molar-refractivity contribution in [2.45, 2.75) is 33.2 Å². The summed E-state index contributed by atoms with van der Waals surface area (Å²) < 4.78 is 3.15. The zero-order chi connectivity index (χ0) is 13.3. The Labute approximate surface area is 116 Å². The summed E-state index contributed by atoms with van der Waals surface area (Å²) in [6, 6.07) is 8.41. The van der Waals surface area contributed by atoms with Crippen LogP contribution < -0.4 is 5.73 Å². The molecule has 0 aliphatic carbocycles. The highest BCUT2D eigenvalue weighted by Crippen LogP contribution is 2.30. The van der Waals surface area contributed by atoms with Crippen LogP contribution in [-0.4, -0.2) is 9.55 Å². The molecule has 0 aliphatic heterocycles. The fraction of sp³-hybridized carbons (Fsp3) is 0.357. The Kier molecular flexibility index (Phi) is 3.76. The van der Waals surface area contributed by atoms with Crippen molar-refractivity contribution >= 4 is 21.7 Å². The van der Waals surface area contributed by atoms with Crippen molar-refractivity contribution in [3.63, 3.8) is 0 Å². The molecule has 1 aromatic carbocycles. The predicted molar refractivity (Wildman–Crippen MR) is 79.5 cm³/mol. The molecule has 2 N–H and O–H groups in total. The number of nitrogen functional groups attached to an aromatic ring is 1. The Morgan fingerprint density at radius 2 is 2.11 bits per heavy atom. The van der Waals surface area contributed by atoms with Crippen LogP contribution in [0.15, 0.2) is 28.7 Å². The summed E-state index contributed by atoms with van der Waals surface area (Å²) in [5, 5.41) is 0. The molecule has 4 heteroatoms. The number of aryl methyl sites for hydroxylation is 1. The first kappa shape index (κ1) is 13.1. The Morgan fingerprint density at radius 1 is 1.39 bits per heavy atom. The zero-order valence-corrected chi connectivity index (χ0v) is 12.5. The molecule has 0 atom stereocenters. The van der Waals surface area contributed by atoms with Gasteiger partial charge in [0, 0.05) is 22.5 Å². The number of hydrogen-bond acceptors (Lipinski definition) is 2. The highest BCUT2D eigenvalue weighted by atomic mass is 79.9. The first-order valence-electron chi connectivity index (χ1n) is 6.17. The summed E-state index contributed by atoms with van der Waals surface area (Å²) in [4.78, 5) is 4.68. The first-order chi connectivity index (χ1) is 8.54. The minimum Gasteiger partial charge on any atom is -0.383 e. The molecule has 1 heterocycles. The molecule has 0 aliphatic rings. The van der Waals surface area contributed by atoms with Gasteiger partial charge in [0.15, 0.2) is 0 Å². The van der Waals surface area contributed by atoms with E-state index in [1.54, 1.807) is 0 Å². The molecular weight excluding hydrogens is 290 g/mol. The number of nitrogens with two attached hydrogens (primary N) is 1. The summed E-state index contributed by atoms with van der Waals surface area (Å²) in [7, 11) is 0. The van der Waals surface area contributed by atoms with Crippen molar-refractivity contribution in [2.75, 3.05) is 5.73 Å². The van der Waals surface area contributed by atoms with Gasteiger partial charge in [0.2, 0.25) is 0 Å². The summed E-state index contributed by atoms with van der Waals surface area (Å²) >= 11 is 3.48. The van der Waals surface area contributed by atoms with Crippen molar-refractivity contribution in [1.82, 2.24) is 9.55 Å². The van der Waals surface area contributed by atoms with E-state index >= 15 is 0 Å². The third-order valence-electron chi connectivity index (χ3n) is 2.95. The average Bonchev–Trinajstić information content (AvgIpc) is 2.66. The quantitative estimate of drug-likeness (QED) is 0.930. The molecule has 2 rings (SSSR count). The van der Waals surface area contributed by atoms with Gasteiger partial charge >= 0.3 is 0 Å². The van der Waals surface area contributed by atoms with Crippen molar-refractivity contribution < 1.29 is 0 Å². The van der Waals surface area contributed by atoms with Gasteiger partial charge in [0.05, 0.1) is 0 Å². The fourth-order valence-electron chi connectivity index (χ4n) is 2.17. The average molecular weight is 308 g/mol. The molecule has 0 amide bonds. The summed E-state index contributed by atoms with van der Waals surface area (Å²) in [6.07, 6.45) is 0.885. The van der Waals surface area contributed by atoms with Gasteiger partial charge in [-0.2, -0.15) is 0 Å². The number of rotatable bonds is 3. The number of nitrogens with zero attached hydrogens (tertiary/aromatic N) is 2. The Balaban J connectivity index is 2.59. The van der Waals surface area contributed by atoms with Crippen molar-refractivity contribution in [3.8, 4) is 11.3 Å². The van der Waals surface area contributed by atoms with E-state index in [0.29, 0.717) is 6.04 Å². The van der Waals surface area contributed by atoms with E-state index < -0.39 is 0 Å². The topological polar surface area (TPSA) is 43.8 Å². The van der Waals surface area contributed by atoms with E-state index in [1.165, 1.54) is 0 Å². The van der Waals surface area contributed by atoms with Crippen LogP contribution >= 0.6 is 15.9 Å². The van der Waals surface area contributed by atoms with Gasteiger partial charge < -0.3 is 10.3 Å². The number of anilines is 1. The Morgan fingerprint density at radius 3 is 2.61 bits per heavy atom. The lowest BCUT2D eigenvalue weighted by molar-refractivity contribution is 0.579. The maximum absolute atomic E-state index is 6.25. The largest absolute Gasteiger partial charge is 0.383 e. The van der Waals surface area contributed by atoms with Gasteiger partial charge in [-0.15, -0.1) is 0 Å². The van der Waals surface area contributed by atoms with Gasteiger partial charge in [-0.05, 0) is 26.0 Å². The number of benzene rings is 1. The standard InChI is InChI=1S/C14H18BrN3/c1-4-12-17-13(14(16)18(12)9(2)3)10-6-5-7-11(15)8-10/h5-9H,4,16H2,1-3H3. The van der Waals surface area contributed by atoms with Crippen LogP contribution in [-0.2, 0) is 6.42 Å². The van der Waals surface area contributed by atoms with Crippen molar-refractivity contribution in [2.24, 2.45) is 0 Å². The maximum atomic E-state index is 6.25. The lowest BCUT2D eigenvalue weighted by atomic mass is 10.1. The molecule has 0 unspecified atom stereocenters. The molecule has 0 saturated heterocycles. The molecule has 0 spiro atoms. The molecule has 2 aromatic rings. The number of aromatic nitrogens is 2. The van der Waals surface area contributed by atoms with E-state index in [-0.39, 0.29) is 0 Å². The second-order valence-electron chi connectivity index (χ2n) is 4.59. The second kappa shape index (κ2) is 5.14. The summed E-state index contributed by atoms with van der Waals surface area (Å²) in [5.41, 5.74) is 8.18. The molecule has 3 nitrogen and oxygen atoms in total. The minimum atomic E-state index is 0.327. The Hall–Kier alpha value is -1.29. The number of imidazole rings is 1. The maximum Gasteiger partial charge on any atom is 0.131 e. The highest BCUT2D eigenvalue weighted by molar-refractivity contribution is 9.10. The molecular formula is C14H18BrN3. The van der Waals surface area contributed by atoms with Gasteiger partial charge in [0.25, 0.3) is 0 Å². The van der Waals surface area contributed by atoms with Gasteiger partial charge in [-0.25, -0.2) is 4.98 Å². The van der Waals surface area contributed by atoms with Crippen LogP contribution in [0.5, 0.6) is 0 Å². The van der Waals surface area contributed by atoms with Crippen LogP contribution in [0, 0.1) is 0 Å². The van der Waals surface area contributed by atoms with E-state index in [4.69, 9.17) is 5.73 Å². The lowest BCUT2D eigenvalue weighted by Gasteiger charge is -2.12. The SMILES string of the molecule is CCc1nc(-c2cccc(Br)c2)c(N)n1C(C)C. The van der Waals surface area contributed by atoms with E-state index in [0.717, 1.165) is 33.8 Å². The molecule has 1 aromatic heterocycles. The van der Waals surface area contributed by atoms with Crippen LogP contribution in [0.1, 0.15) is 32.6 Å². The molecule has 0 saturated carbocycles. The van der Waals surface area contributed by atoms with E-state index in [9.17, 15) is 0 Å². The third-order valence-corrected chi connectivity index (χ3v) is 3.45. The normalized spacial score (nSPS) is 11.2. The van der Waals surface area contributed by atoms with E-state index in [1.807, 2.05) is 24.3 Å². The molecule has 0 fully saturated rings. The lowest BCUT2D eigenvalue weighted by Crippen LogP contribution is -2.08. The monoisotopic (exact) mass is 307 g/mol. The fourth-order valence-corrected chi connectivity index (χ4v) is 2.57. The van der Waals surface area contributed by atoms with Crippen LogP contribution in [0.25, 0.3) is 11.3 Å². The molecule has 96 valence electrons. The van der Waals surface area contributed by atoms with E-state index in [2.05, 4.69) is 46.3 Å². The first-order valence-corrected chi connectivity index (χ1v) is 6.96. The molecule has 0 radical (unpaired) electrons. The smallest absolute Gasteiger partial charge is 0.131 e. The van der Waals surface area contributed by atoms with Crippen molar-refractivity contribution in [1.29, 1.82) is 0 Å². The second-order valence-corrected chi connectivity index (χ2v) is 5.51. The van der Waals surface area contributed by atoms with Crippen LogP contribution in [0.2, 0.25) is 0 Å². The zero-order valence-electron chi connectivity index (χ0n) is 10.9. The predicted octanol–water partition coefficient (Wildman–Crippen LogP) is 4.04. The van der Waals surface area contributed by atoms with Gasteiger partial charge in [-0.3, -0.25) is 0 Å².